The fraction of sp³-hybridized carbons (Fsp3) is 0.455. The molecule has 1 aliphatic heterocycles. The molecule has 1 N–H and O–H groups in total. The van der Waals surface area contributed by atoms with E-state index in [1.54, 1.807) is 0 Å². The van der Waals surface area contributed by atoms with Gasteiger partial charge in [-0.05, 0) is 40.7 Å². The molecule has 0 radical (unpaired) electrons. The predicted molar refractivity (Wildman–Crippen MR) is 107 cm³/mol. The summed E-state index contributed by atoms with van der Waals surface area (Å²) in [4.78, 5) is 0. The predicted octanol–water partition coefficient (Wildman–Crippen LogP) is 4.88. The SMILES string of the molecule is CC(C)(C)c1cc(Cl)cc(CCOC2OCCNC2c2ccccc2)c1. The fourth-order valence-corrected chi connectivity index (χ4v) is 3.44. The van der Waals surface area contributed by atoms with E-state index in [9.17, 15) is 0 Å². The molecule has 3 nitrogen and oxygen atoms in total. The van der Waals surface area contributed by atoms with E-state index < -0.39 is 0 Å². The highest BCUT2D eigenvalue weighted by Crippen LogP contribution is 2.27. The summed E-state index contributed by atoms with van der Waals surface area (Å²) < 4.78 is 12.0. The Bertz CT molecular complexity index is 712. The lowest BCUT2D eigenvalue weighted by Crippen LogP contribution is -2.43. The zero-order valence-electron chi connectivity index (χ0n) is 15.8. The highest BCUT2D eigenvalue weighted by molar-refractivity contribution is 6.30. The van der Waals surface area contributed by atoms with Gasteiger partial charge in [-0.2, -0.15) is 0 Å². The highest BCUT2D eigenvalue weighted by Gasteiger charge is 2.27. The molecule has 1 heterocycles. The molecule has 0 spiro atoms. The van der Waals surface area contributed by atoms with Gasteiger partial charge in [-0.1, -0.05) is 68.8 Å². The van der Waals surface area contributed by atoms with Gasteiger partial charge in [-0.15, -0.1) is 0 Å². The molecule has 1 aliphatic rings. The van der Waals surface area contributed by atoms with Gasteiger partial charge in [0.25, 0.3) is 0 Å². The van der Waals surface area contributed by atoms with Crippen LogP contribution < -0.4 is 5.32 Å². The van der Waals surface area contributed by atoms with E-state index in [0.717, 1.165) is 18.0 Å². The van der Waals surface area contributed by atoms with Crippen molar-refractivity contribution in [3.63, 3.8) is 0 Å². The van der Waals surface area contributed by atoms with Gasteiger partial charge in [0.2, 0.25) is 0 Å². The Balaban J connectivity index is 1.62. The Morgan fingerprint density at radius 1 is 1.15 bits per heavy atom. The summed E-state index contributed by atoms with van der Waals surface area (Å²) in [6.45, 7) is 8.70. The number of hydrogen-bond acceptors (Lipinski definition) is 3. The lowest BCUT2D eigenvalue weighted by atomic mass is 9.86. The average molecular weight is 374 g/mol. The molecule has 0 amide bonds. The number of morpholine rings is 1. The molecule has 4 heteroatoms. The van der Waals surface area contributed by atoms with Crippen molar-refractivity contribution in [2.75, 3.05) is 19.8 Å². The van der Waals surface area contributed by atoms with Gasteiger partial charge in [-0.25, -0.2) is 0 Å². The second-order valence-corrected chi connectivity index (χ2v) is 8.24. The van der Waals surface area contributed by atoms with Crippen LogP contribution in [0.1, 0.15) is 43.5 Å². The van der Waals surface area contributed by atoms with E-state index in [1.165, 1.54) is 16.7 Å². The van der Waals surface area contributed by atoms with Crippen LogP contribution in [0.25, 0.3) is 0 Å². The number of ether oxygens (including phenoxy) is 2. The van der Waals surface area contributed by atoms with Crippen molar-refractivity contribution in [1.29, 1.82) is 0 Å². The van der Waals surface area contributed by atoms with Gasteiger partial charge < -0.3 is 14.8 Å². The maximum Gasteiger partial charge on any atom is 0.176 e. The summed E-state index contributed by atoms with van der Waals surface area (Å²) in [6, 6.07) is 16.7. The minimum absolute atomic E-state index is 0.0643. The Morgan fingerprint density at radius 3 is 2.65 bits per heavy atom. The first-order valence-corrected chi connectivity index (χ1v) is 9.63. The van der Waals surface area contributed by atoms with E-state index in [1.807, 2.05) is 30.3 Å². The molecule has 26 heavy (non-hydrogen) atoms. The van der Waals surface area contributed by atoms with Crippen LogP contribution in [0.2, 0.25) is 5.02 Å². The lowest BCUT2D eigenvalue weighted by molar-refractivity contribution is -0.176. The second kappa shape index (κ2) is 8.53. The number of hydrogen-bond donors (Lipinski definition) is 1. The maximum atomic E-state index is 6.31. The van der Waals surface area contributed by atoms with Crippen LogP contribution in [0.3, 0.4) is 0 Å². The van der Waals surface area contributed by atoms with Crippen molar-refractivity contribution in [2.24, 2.45) is 0 Å². The third-order valence-electron chi connectivity index (χ3n) is 4.68. The summed E-state index contributed by atoms with van der Waals surface area (Å²) in [7, 11) is 0. The molecular weight excluding hydrogens is 346 g/mol. The summed E-state index contributed by atoms with van der Waals surface area (Å²) in [6.07, 6.45) is 0.540. The van der Waals surface area contributed by atoms with Crippen LogP contribution in [0.4, 0.5) is 0 Å². The zero-order chi connectivity index (χ0) is 18.6. The lowest BCUT2D eigenvalue weighted by Gasteiger charge is -2.33. The van der Waals surface area contributed by atoms with Gasteiger partial charge >= 0.3 is 0 Å². The average Bonchev–Trinajstić information content (AvgIpc) is 2.62. The summed E-state index contributed by atoms with van der Waals surface area (Å²) >= 11 is 6.31. The maximum absolute atomic E-state index is 6.31. The summed E-state index contributed by atoms with van der Waals surface area (Å²) in [5.74, 6) is 0. The van der Waals surface area contributed by atoms with E-state index in [0.29, 0.717) is 13.2 Å². The molecule has 1 saturated heterocycles. The first kappa shape index (κ1) is 19.4. The number of halogens is 1. The van der Waals surface area contributed by atoms with Crippen LogP contribution in [0.15, 0.2) is 48.5 Å². The van der Waals surface area contributed by atoms with Crippen LogP contribution in [-0.4, -0.2) is 26.0 Å². The standard InChI is InChI=1S/C22H28ClNO2/c1-22(2,3)18-13-16(14-19(23)15-18)9-11-25-21-20(24-10-12-26-21)17-7-5-4-6-8-17/h4-8,13-15,20-21,24H,9-12H2,1-3H3. The Labute approximate surface area is 161 Å². The fourth-order valence-electron chi connectivity index (χ4n) is 3.18. The normalized spacial score (nSPS) is 20.9. The van der Waals surface area contributed by atoms with Crippen molar-refractivity contribution in [3.05, 3.63) is 70.2 Å². The monoisotopic (exact) mass is 373 g/mol. The number of benzene rings is 2. The van der Waals surface area contributed by atoms with E-state index in [4.69, 9.17) is 21.1 Å². The smallest absolute Gasteiger partial charge is 0.176 e. The van der Waals surface area contributed by atoms with Crippen LogP contribution in [-0.2, 0) is 21.3 Å². The van der Waals surface area contributed by atoms with E-state index >= 15 is 0 Å². The molecule has 0 aromatic heterocycles. The van der Waals surface area contributed by atoms with Gasteiger partial charge in [-0.3, -0.25) is 0 Å². The van der Waals surface area contributed by atoms with Gasteiger partial charge in [0.15, 0.2) is 6.29 Å². The molecule has 3 rings (SSSR count). The largest absolute Gasteiger partial charge is 0.350 e. The van der Waals surface area contributed by atoms with Crippen molar-refractivity contribution in [3.8, 4) is 0 Å². The zero-order valence-corrected chi connectivity index (χ0v) is 16.6. The third-order valence-corrected chi connectivity index (χ3v) is 4.89. The topological polar surface area (TPSA) is 30.5 Å². The quantitative estimate of drug-likeness (QED) is 0.809. The molecule has 2 atom stereocenters. The highest BCUT2D eigenvalue weighted by atomic mass is 35.5. The first-order valence-electron chi connectivity index (χ1n) is 9.25. The van der Waals surface area contributed by atoms with Crippen molar-refractivity contribution in [2.45, 2.75) is 44.9 Å². The van der Waals surface area contributed by atoms with Crippen molar-refractivity contribution >= 4 is 11.6 Å². The van der Waals surface area contributed by atoms with Gasteiger partial charge in [0.1, 0.15) is 0 Å². The van der Waals surface area contributed by atoms with Crippen molar-refractivity contribution in [1.82, 2.24) is 5.32 Å². The van der Waals surface area contributed by atoms with E-state index in [2.05, 4.69) is 44.3 Å². The number of nitrogens with one attached hydrogen (secondary N) is 1. The molecule has 0 saturated carbocycles. The molecular formula is C22H28ClNO2. The third kappa shape index (κ3) is 5.08. The molecule has 2 unspecified atom stereocenters. The summed E-state index contributed by atoms with van der Waals surface area (Å²) in [5, 5.41) is 4.28. The van der Waals surface area contributed by atoms with Crippen molar-refractivity contribution < 1.29 is 9.47 Å². The molecule has 0 bridgehead atoms. The minimum Gasteiger partial charge on any atom is -0.350 e. The van der Waals surface area contributed by atoms with Crippen LogP contribution in [0.5, 0.6) is 0 Å². The molecule has 140 valence electrons. The minimum atomic E-state index is -0.271. The molecule has 0 aliphatic carbocycles. The van der Waals surface area contributed by atoms with E-state index in [-0.39, 0.29) is 17.7 Å². The molecule has 2 aromatic rings. The molecule has 1 fully saturated rings. The number of rotatable bonds is 5. The van der Waals surface area contributed by atoms with Gasteiger partial charge in [0, 0.05) is 11.6 Å². The molecule has 2 aromatic carbocycles. The Kier molecular flexibility index (Phi) is 6.36. The van der Waals surface area contributed by atoms with Crippen LogP contribution in [0, 0.1) is 0 Å². The second-order valence-electron chi connectivity index (χ2n) is 7.80. The first-order chi connectivity index (χ1) is 12.4. The summed E-state index contributed by atoms with van der Waals surface area (Å²) in [5.41, 5.74) is 3.71. The van der Waals surface area contributed by atoms with Crippen LogP contribution >= 0.6 is 11.6 Å². The Morgan fingerprint density at radius 2 is 1.92 bits per heavy atom. The van der Waals surface area contributed by atoms with Gasteiger partial charge in [0.05, 0.1) is 19.3 Å². The Hall–Kier alpha value is -1.39.